The Balaban J connectivity index is 1.96. The lowest BCUT2D eigenvalue weighted by atomic mass is 10.1. The Kier molecular flexibility index (Phi) is 2.70. The number of carbonyl (C=O) groups is 2. The summed E-state index contributed by atoms with van der Waals surface area (Å²) in [5.74, 6) is 0.386. The van der Waals surface area contributed by atoms with Crippen molar-refractivity contribution in [3.05, 3.63) is 11.8 Å². The maximum absolute atomic E-state index is 11.3. The van der Waals surface area contributed by atoms with Gasteiger partial charge in [-0.15, -0.1) is 11.8 Å². The zero-order chi connectivity index (χ0) is 11.0. The van der Waals surface area contributed by atoms with Crippen LogP contribution in [0.1, 0.15) is 6.92 Å². The van der Waals surface area contributed by atoms with Crippen LogP contribution in [-0.4, -0.2) is 40.6 Å². The van der Waals surface area contributed by atoms with E-state index in [1.807, 2.05) is 0 Å². The van der Waals surface area contributed by atoms with Crippen LogP contribution in [-0.2, 0) is 14.3 Å². The van der Waals surface area contributed by atoms with Gasteiger partial charge in [0, 0.05) is 18.9 Å². The second-order valence-electron chi connectivity index (χ2n) is 3.54. The fraction of sp³-hybridized carbons (Fsp3) is 0.556. The fourth-order valence-corrected chi connectivity index (χ4v) is 2.72. The molecule has 82 valence electrons. The number of nitrogens with zero attached hydrogens (tertiary/aromatic N) is 1. The second kappa shape index (κ2) is 3.86. The van der Waals surface area contributed by atoms with E-state index in [1.54, 1.807) is 22.9 Å². The monoisotopic (exact) mass is 228 g/mol. The Labute approximate surface area is 91.6 Å². The lowest BCUT2D eigenvalue weighted by molar-refractivity contribution is -0.140. The molecule has 1 unspecified atom stereocenters. The number of carbonyl (C=O) groups excluding carboxylic acids is 2. The Bertz CT molecular complexity index is 342. The van der Waals surface area contributed by atoms with E-state index in [-0.39, 0.29) is 29.9 Å². The highest BCUT2D eigenvalue weighted by molar-refractivity contribution is 8.00. The lowest BCUT2D eigenvalue weighted by Crippen LogP contribution is -2.66. The van der Waals surface area contributed by atoms with Crippen molar-refractivity contribution in [2.24, 2.45) is 5.73 Å². The van der Waals surface area contributed by atoms with Gasteiger partial charge in [0.1, 0.15) is 18.0 Å². The fourth-order valence-electron chi connectivity index (χ4n) is 1.53. The maximum atomic E-state index is 11.3. The molecule has 0 saturated carbocycles. The van der Waals surface area contributed by atoms with Crippen molar-refractivity contribution in [1.82, 2.24) is 4.90 Å². The molecule has 2 aliphatic rings. The summed E-state index contributed by atoms with van der Waals surface area (Å²) in [6.07, 6.45) is 1.75. The normalized spacial score (nSPS) is 29.1. The quantitative estimate of drug-likeness (QED) is 0.518. The molecule has 2 rings (SSSR count). The summed E-state index contributed by atoms with van der Waals surface area (Å²) in [4.78, 5) is 23.5. The Morgan fingerprint density at radius 1 is 1.80 bits per heavy atom. The standard InChI is InChI=1S/C9H12N2O3S/c1-5(12)14-3-6-2-11-8(13)7(10)9(11)15-4-6/h2,7,9H,3-4,10H2,1H3/t7?,9-/m1/s1. The minimum atomic E-state index is -0.374. The number of thioether (sulfide) groups is 1. The van der Waals surface area contributed by atoms with Gasteiger partial charge in [0.05, 0.1) is 0 Å². The van der Waals surface area contributed by atoms with Gasteiger partial charge in [0.25, 0.3) is 0 Å². The topological polar surface area (TPSA) is 72.6 Å². The van der Waals surface area contributed by atoms with Crippen molar-refractivity contribution in [3.8, 4) is 0 Å². The minimum Gasteiger partial charge on any atom is -0.461 e. The van der Waals surface area contributed by atoms with Gasteiger partial charge < -0.3 is 15.4 Å². The summed E-state index contributed by atoms with van der Waals surface area (Å²) in [5, 5.41) is 0.0681. The first-order valence-electron chi connectivity index (χ1n) is 4.62. The third kappa shape index (κ3) is 1.87. The third-order valence-electron chi connectivity index (χ3n) is 2.34. The van der Waals surface area contributed by atoms with E-state index < -0.39 is 0 Å². The van der Waals surface area contributed by atoms with E-state index in [1.165, 1.54) is 6.92 Å². The third-order valence-corrected chi connectivity index (χ3v) is 3.74. The van der Waals surface area contributed by atoms with Crippen LogP contribution in [0.25, 0.3) is 0 Å². The molecule has 2 N–H and O–H groups in total. The molecule has 1 saturated heterocycles. The molecular weight excluding hydrogens is 216 g/mol. The SMILES string of the molecule is CC(=O)OCC1=CN2C(=O)C(N)[C@H]2SC1. The number of amides is 1. The van der Waals surface area contributed by atoms with Crippen molar-refractivity contribution in [3.63, 3.8) is 0 Å². The average molecular weight is 228 g/mol. The molecule has 2 heterocycles. The summed E-state index contributed by atoms with van der Waals surface area (Å²) in [6.45, 7) is 1.62. The number of fused-ring (bicyclic) bond motifs is 1. The molecule has 0 radical (unpaired) electrons. The van der Waals surface area contributed by atoms with Crippen LogP contribution in [0.3, 0.4) is 0 Å². The van der Waals surface area contributed by atoms with Crippen LogP contribution in [0.15, 0.2) is 11.8 Å². The average Bonchev–Trinajstić information content (AvgIpc) is 2.24. The van der Waals surface area contributed by atoms with Crippen molar-refractivity contribution in [2.45, 2.75) is 18.3 Å². The molecule has 0 aliphatic carbocycles. The van der Waals surface area contributed by atoms with Crippen LogP contribution < -0.4 is 5.73 Å². The Morgan fingerprint density at radius 2 is 2.53 bits per heavy atom. The number of nitrogens with two attached hydrogens (primary N) is 1. The van der Waals surface area contributed by atoms with Crippen molar-refractivity contribution < 1.29 is 14.3 Å². The van der Waals surface area contributed by atoms with Gasteiger partial charge in [-0.2, -0.15) is 0 Å². The zero-order valence-corrected chi connectivity index (χ0v) is 9.12. The van der Waals surface area contributed by atoms with Gasteiger partial charge in [-0.3, -0.25) is 9.59 Å². The molecule has 1 fully saturated rings. The number of esters is 1. The first kappa shape index (κ1) is 10.5. The van der Waals surface area contributed by atoms with Gasteiger partial charge in [0.15, 0.2) is 0 Å². The van der Waals surface area contributed by atoms with Crippen LogP contribution >= 0.6 is 11.8 Å². The largest absolute Gasteiger partial charge is 0.461 e. The maximum Gasteiger partial charge on any atom is 0.302 e. The molecule has 0 aromatic carbocycles. The molecule has 0 aromatic heterocycles. The highest BCUT2D eigenvalue weighted by Gasteiger charge is 2.46. The number of rotatable bonds is 2. The predicted molar refractivity (Wildman–Crippen MR) is 55.8 cm³/mol. The van der Waals surface area contributed by atoms with Crippen molar-refractivity contribution in [2.75, 3.05) is 12.4 Å². The number of hydrogen-bond acceptors (Lipinski definition) is 5. The molecule has 0 aromatic rings. The van der Waals surface area contributed by atoms with Crippen molar-refractivity contribution in [1.29, 1.82) is 0 Å². The van der Waals surface area contributed by atoms with E-state index in [4.69, 9.17) is 10.5 Å². The summed E-state index contributed by atoms with van der Waals surface area (Å²) in [5.41, 5.74) is 6.55. The molecule has 2 aliphatic heterocycles. The number of β-lactam (4-membered cyclic amide) rings is 1. The lowest BCUT2D eigenvalue weighted by Gasteiger charge is -2.45. The Morgan fingerprint density at radius 3 is 3.20 bits per heavy atom. The van der Waals surface area contributed by atoms with Crippen LogP contribution in [0.4, 0.5) is 0 Å². The Hall–Kier alpha value is -1.01. The second-order valence-corrected chi connectivity index (χ2v) is 4.65. The molecule has 6 heteroatoms. The summed E-state index contributed by atoms with van der Waals surface area (Å²) >= 11 is 1.61. The van der Waals surface area contributed by atoms with Gasteiger partial charge in [-0.25, -0.2) is 0 Å². The molecule has 5 nitrogen and oxygen atoms in total. The van der Waals surface area contributed by atoms with E-state index in [9.17, 15) is 9.59 Å². The minimum absolute atomic E-state index is 0.0625. The van der Waals surface area contributed by atoms with E-state index in [0.29, 0.717) is 0 Å². The molecule has 2 atom stereocenters. The molecule has 1 amide bonds. The highest BCUT2D eigenvalue weighted by Crippen LogP contribution is 2.34. The predicted octanol–water partition coefficient (Wildman–Crippen LogP) is -0.324. The smallest absolute Gasteiger partial charge is 0.302 e. The first-order chi connectivity index (χ1) is 7.09. The van der Waals surface area contributed by atoms with E-state index in [2.05, 4.69) is 0 Å². The molecular formula is C9H12N2O3S. The summed E-state index contributed by atoms with van der Waals surface area (Å²) in [6, 6.07) is -0.374. The van der Waals surface area contributed by atoms with Gasteiger partial charge in [-0.1, -0.05) is 0 Å². The van der Waals surface area contributed by atoms with E-state index >= 15 is 0 Å². The van der Waals surface area contributed by atoms with Crippen molar-refractivity contribution >= 4 is 23.6 Å². The number of ether oxygens (including phenoxy) is 1. The van der Waals surface area contributed by atoms with Crippen LogP contribution in [0.2, 0.25) is 0 Å². The number of hydrogen-bond donors (Lipinski definition) is 1. The molecule has 15 heavy (non-hydrogen) atoms. The molecule has 0 bridgehead atoms. The summed E-state index contributed by atoms with van der Waals surface area (Å²) < 4.78 is 4.86. The van der Waals surface area contributed by atoms with Gasteiger partial charge >= 0.3 is 5.97 Å². The zero-order valence-electron chi connectivity index (χ0n) is 8.30. The highest BCUT2D eigenvalue weighted by atomic mass is 32.2. The van der Waals surface area contributed by atoms with Crippen LogP contribution in [0, 0.1) is 0 Å². The molecule has 0 spiro atoms. The first-order valence-corrected chi connectivity index (χ1v) is 5.67. The van der Waals surface area contributed by atoms with Gasteiger partial charge in [-0.05, 0) is 5.57 Å². The summed E-state index contributed by atoms with van der Waals surface area (Å²) in [7, 11) is 0. The van der Waals surface area contributed by atoms with E-state index in [0.717, 1.165) is 11.3 Å². The van der Waals surface area contributed by atoms with Crippen LogP contribution in [0.5, 0.6) is 0 Å². The van der Waals surface area contributed by atoms with Gasteiger partial charge in [0.2, 0.25) is 5.91 Å².